The molecule has 0 bridgehead atoms. The molecule has 2 N–H and O–H groups in total. The second-order valence-electron chi connectivity index (χ2n) is 6.19. The number of hydrogen-bond acceptors (Lipinski definition) is 3. The molecule has 1 fully saturated rings. The molecule has 18 heavy (non-hydrogen) atoms. The van der Waals surface area contributed by atoms with Gasteiger partial charge in [-0.2, -0.15) is 0 Å². The highest BCUT2D eigenvalue weighted by Gasteiger charge is 2.29. The van der Waals surface area contributed by atoms with Crippen LogP contribution in [0.4, 0.5) is 0 Å². The number of ether oxygens (including phenoxy) is 1. The van der Waals surface area contributed by atoms with Gasteiger partial charge in [0.1, 0.15) is 0 Å². The summed E-state index contributed by atoms with van der Waals surface area (Å²) in [5.74, 6) is 0.698. The van der Waals surface area contributed by atoms with E-state index in [1.54, 1.807) is 7.11 Å². The van der Waals surface area contributed by atoms with Crippen molar-refractivity contribution in [2.75, 3.05) is 26.7 Å². The van der Waals surface area contributed by atoms with Gasteiger partial charge in [0.05, 0.1) is 5.60 Å². The van der Waals surface area contributed by atoms with Crippen LogP contribution in [0.5, 0.6) is 0 Å². The van der Waals surface area contributed by atoms with Crippen LogP contribution in [-0.4, -0.2) is 43.3 Å². The molecular formula is C15H32N2O. The number of nitrogens with zero attached hydrogens (tertiary/aromatic N) is 1. The summed E-state index contributed by atoms with van der Waals surface area (Å²) in [6.07, 6.45) is 6.45. The Labute approximate surface area is 113 Å². The fourth-order valence-electron chi connectivity index (χ4n) is 3.02. The highest BCUT2D eigenvalue weighted by molar-refractivity contribution is 4.84. The van der Waals surface area contributed by atoms with Crippen LogP contribution in [-0.2, 0) is 4.74 Å². The van der Waals surface area contributed by atoms with E-state index in [0.717, 1.165) is 26.1 Å². The zero-order chi connectivity index (χ0) is 13.6. The lowest BCUT2D eigenvalue weighted by molar-refractivity contribution is -0.000923. The van der Waals surface area contributed by atoms with Crippen molar-refractivity contribution >= 4 is 0 Å². The molecule has 1 aliphatic carbocycles. The van der Waals surface area contributed by atoms with Crippen LogP contribution in [0.1, 0.15) is 52.9 Å². The van der Waals surface area contributed by atoms with Gasteiger partial charge in [-0.1, -0.05) is 19.8 Å². The lowest BCUT2D eigenvalue weighted by Gasteiger charge is -2.40. The first-order valence-electron chi connectivity index (χ1n) is 7.53. The van der Waals surface area contributed by atoms with E-state index in [4.69, 9.17) is 10.5 Å². The predicted octanol–water partition coefficient (Wildman–Crippen LogP) is 2.64. The SMILES string of the molecule is CCN(CCC(C)(C)OC)C1CCCCC1CN. The molecule has 1 rings (SSSR count). The monoisotopic (exact) mass is 256 g/mol. The first-order chi connectivity index (χ1) is 8.54. The van der Waals surface area contributed by atoms with Gasteiger partial charge in [0.25, 0.3) is 0 Å². The third-order valence-corrected chi connectivity index (χ3v) is 4.60. The number of nitrogens with two attached hydrogens (primary N) is 1. The lowest BCUT2D eigenvalue weighted by atomic mass is 9.83. The van der Waals surface area contributed by atoms with E-state index >= 15 is 0 Å². The van der Waals surface area contributed by atoms with Crippen molar-refractivity contribution in [2.45, 2.75) is 64.5 Å². The van der Waals surface area contributed by atoms with Crippen molar-refractivity contribution in [3.05, 3.63) is 0 Å². The van der Waals surface area contributed by atoms with Gasteiger partial charge in [0, 0.05) is 19.7 Å². The molecule has 1 aliphatic rings. The van der Waals surface area contributed by atoms with Crippen molar-refractivity contribution in [3.8, 4) is 0 Å². The third-order valence-electron chi connectivity index (χ3n) is 4.60. The summed E-state index contributed by atoms with van der Waals surface area (Å²) < 4.78 is 5.52. The Balaban J connectivity index is 2.53. The van der Waals surface area contributed by atoms with Crippen molar-refractivity contribution in [1.29, 1.82) is 0 Å². The zero-order valence-electron chi connectivity index (χ0n) is 12.7. The third kappa shape index (κ3) is 4.52. The minimum absolute atomic E-state index is 0.0136. The molecule has 0 radical (unpaired) electrons. The topological polar surface area (TPSA) is 38.5 Å². The highest BCUT2D eigenvalue weighted by atomic mass is 16.5. The average molecular weight is 256 g/mol. The average Bonchev–Trinajstić information content (AvgIpc) is 2.40. The number of rotatable bonds is 7. The van der Waals surface area contributed by atoms with Crippen LogP contribution in [0.3, 0.4) is 0 Å². The molecule has 0 saturated heterocycles. The highest BCUT2D eigenvalue weighted by Crippen LogP contribution is 2.28. The molecule has 0 amide bonds. The maximum absolute atomic E-state index is 5.94. The molecule has 3 nitrogen and oxygen atoms in total. The van der Waals surface area contributed by atoms with E-state index in [1.807, 2.05) is 0 Å². The summed E-state index contributed by atoms with van der Waals surface area (Å²) in [6, 6.07) is 0.696. The Bertz CT molecular complexity index is 231. The molecule has 2 atom stereocenters. The lowest BCUT2D eigenvalue weighted by Crippen LogP contribution is -2.46. The molecule has 0 aromatic carbocycles. The number of methoxy groups -OCH3 is 1. The molecule has 3 heteroatoms. The summed E-state index contributed by atoms with van der Waals surface area (Å²) in [4.78, 5) is 2.62. The summed E-state index contributed by atoms with van der Waals surface area (Å²) in [5.41, 5.74) is 5.93. The maximum atomic E-state index is 5.94. The fraction of sp³-hybridized carbons (Fsp3) is 1.00. The van der Waals surface area contributed by atoms with Crippen LogP contribution in [0.15, 0.2) is 0 Å². The van der Waals surface area contributed by atoms with Gasteiger partial charge in [-0.3, -0.25) is 0 Å². The van der Waals surface area contributed by atoms with Crippen molar-refractivity contribution < 1.29 is 4.74 Å². The Morgan fingerprint density at radius 2 is 1.94 bits per heavy atom. The summed E-state index contributed by atoms with van der Waals surface area (Å²) in [7, 11) is 1.81. The second kappa shape index (κ2) is 7.46. The summed E-state index contributed by atoms with van der Waals surface area (Å²) >= 11 is 0. The largest absolute Gasteiger partial charge is 0.379 e. The van der Waals surface area contributed by atoms with Gasteiger partial charge in [-0.05, 0) is 52.1 Å². The molecule has 0 aromatic heterocycles. The molecule has 0 aliphatic heterocycles. The van der Waals surface area contributed by atoms with E-state index in [-0.39, 0.29) is 5.60 Å². The standard InChI is InChI=1S/C15H32N2O/c1-5-17(11-10-15(2,3)18-4)14-9-7-6-8-13(14)12-16/h13-14H,5-12,16H2,1-4H3. The molecule has 108 valence electrons. The number of hydrogen-bond donors (Lipinski definition) is 1. The molecule has 2 unspecified atom stereocenters. The van der Waals surface area contributed by atoms with E-state index in [0.29, 0.717) is 12.0 Å². The van der Waals surface area contributed by atoms with Crippen LogP contribution >= 0.6 is 0 Å². The van der Waals surface area contributed by atoms with Gasteiger partial charge < -0.3 is 15.4 Å². The Morgan fingerprint density at radius 1 is 1.28 bits per heavy atom. The van der Waals surface area contributed by atoms with Gasteiger partial charge in [0.15, 0.2) is 0 Å². The Morgan fingerprint density at radius 3 is 2.50 bits per heavy atom. The van der Waals surface area contributed by atoms with E-state index in [9.17, 15) is 0 Å². The van der Waals surface area contributed by atoms with E-state index in [1.165, 1.54) is 25.7 Å². The molecule has 1 saturated carbocycles. The van der Waals surface area contributed by atoms with E-state index < -0.39 is 0 Å². The van der Waals surface area contributed by atoms with Crippen LogP contribution in [0, 0.1) is 5.92 Å². The smallest absolute Gasteiger partial charge is 0.0634 e. The first-order valence-corrected chi connectivity index (χ1v) is 7.53. The van der Waals surface area contributed by atoms with Gasteiger partial charge in [-0.25, -0.2) is 0 Å². The van der Waals surface area contributed by atoms with Crippen LogP contribution in [0.2, 0.25) is 0 Å². The minimum Gasteiger partial charge on any atom is -0.379 e. The van der Waals surface area contributed by atoms with E-state index in [2.05, 4.69) is 25.7 Å². The molecule has 0 spiro atoms. The Hall–Kier alpha value is -0.120. The zero-order valence-corrected chi connectivity index (χ0v) is 12.7. The summed E-state index contributed by atoms with van der Waals surface area (Å²) in [5, 5.41) is 0. The normalized spacial score (nSPS) is 25.7. The molecule has 0 heterocycles. The van der Waals surface area contributed by atoms with Crippen molar-refractivity contribution in [3.63, 3.8) is 0 Å². The molecule has 0 aromatic rings. The van der Waals surface area contributed by atoms with Gasteiger partial charge in [-0.15, -0.1) is 0 Å². The van der Waals surface area contributed by atoms with Crippen LogP contribution in [0.25, 0.3) is 0 Å². The maximum Gasteiger partial charge on any atom is 0.0634 e. The van der Waals surface area contributed by atoms with Crippen molar-refractivity contribution in [2.24, 2.45) is 11.7 Å². The molecular weight excluding hydrogens is 224 g/mol. The first kappa shape index (κ1) is 15.9. The van der Waals surface area contributed by atoms with Crippen molar-refractivity contribution in [1.82, 2.24) is 4.90 Å². The van der Waals surface area contributed by atoms with Gasteiger partial charge >= 0.3 is 0 Å². The summed E-state index contributed by atoms with van der Waals surface area (Å²) in [6.45, 7) is 9.69. The minimum atomic E-state index is -0.0136. The van der Waals surface area contributed by atoms with Crippen LogP contribution < -0.4 is 5.73 Å². The quantitative estimate of drug-likeness (QED) is 0.761. The Kier molecular flexibility index (Phi) is 6.61. The predicted molar refractivity (Wildman–Crippen MR) is 77.8 cm³/mol. The van der Waals surface area contributed by atoms with Gasteiger partial charge in [0.2, 0.25) is 0 Å². The second-order valence-corrected chi connectivity index (χ2v) is 6.19. The fourth-order valence-corrected chi connectivity index (χ4v) is 3.02.